The van der Waals surface area contributed by atoms with Crippen LogP contribution >= 0.6 is 0 Å². The Morgan fingerprint density at radius 3 is 2.53 bits per heavy atom. The first-order valence-electron chi connectivity index (χ1n) is 6.41. The first kappa shape index (κ1) is 13.8. The van der Waals surface area contributed by atoms with Gasteiger partial charge in [0.15, 0.2) is 0 Å². The lowest BCUT2D eigenvalue weighted by atomic mass is 10.1. The minimum atomic E-state index is -0.540. The molecule has 2 atom stereocenters. The van der Waals surface area contributed by atoms with Crippen molar-refractivity contribution < 1.29 is 13.9 Å². The Bertz CT molecular complexity index is 469. The number of methoxy groups -OCH3 is 1. The summed E-state index contributed by atoms with van der Waals surface area (Å²) in [5, 5.41) is 3.25. The largest absolute Gasteiger partial charge is 0.497 e. The lowest BCUT2D eigenvalue weighted by Gasteiger charge is -2.39. The van der Waals surface area contributed by atoms with Gasteiger partial charge in [-0.1, -0.05) is 0 Å². The SMILES string of the molecule is COc1ccc(C(=O)N2C(C)CNCC2C)c(F)c1. The smallest absolute Gasteiger partial charge is 0.257 e. The van der Waals surface area contributed by atoms with Crippen LogP contribution in [0.5, 0.6) is 5.75 Å². The van der Waals surface area contributed by atoms with E-state index in [1.807, 2.05) is 13.8 Å². The summed E-state index contributed by atoms with van der Waals surface area (Å²) in [6.07, 6.45) is 0. The predicted molar refractivity (Wildman–Crippen MR) is 70.9 cm³/mol. The molecule has 1 saturated heterocycles. The fourth-order valence-electron chi connectivity index (χ4n) is 2.47. The summed E-state index contributed by atoms with van der Waals surface area (Å²) >= 11 is 0. The quantitative estimate of drug-likeness (QED) is 0.885. The maximum Gasteiger partial charge on any atom is 0.257 e. The van der Waals surface area contributed by atoms with Crippen molar-refractivity contribution in [2.24, 2.45) is 0 Å². The third-order valence-corrected chi connectivity index (χ3v) is 3.47. The van der Waals surface area contributed by atoms with E-state index in [0.29, 0.717) is 5.75 Å². The second-order valence-corrected chi connectivity index (χ2v) is 4.91. The predicted octanol–water partition coefficient (Wildman–Crippen LogP) is 1.66. The van der Waals surface area contributed by atoms with E-state index >= 15 is 0 Å². The van der Waals surface area contributed by atoms with E-state index in [2.05, 4.69) is 5.32 Å². The third-order valence-electron chi connectivity index (χ3n) is 3.47. The van der Waals surface area contributed by atoms with Crippen LogP contribution in [0.3, 0.4) is 0 Å². The molecular formula is C14H19FN2O2. The van der Waals surface area contributed by atoms with Crippen LogP contribution in [0.2, 0.25) is 0 Å². The molecular weight excluding hydrogens is 247 g/mol. The van der Waals surface area contributed by atoms with E-state index < -0.39 is 5.82 Å². The topological polar surface area (TPSA) is 41.6 Å². The maximum atomic E-state index is 14.0. The van der Waals surface area contributed by atoms with E-state index in [1.54, 1.807) is 11.0 Å². The molecule has 1 aromatic carbocycles. The second-order valence-electron chi connectivity index (χ2n) is 4.91. The molecule has 19 heavy (non-hydrogen) atoms. The van der Waals surface area contributed by atoms with Gasteiger partial charge in [-0.25, -0.2) is 4.39 Å². The standard InChI is InChI=1S/C14H19FN2O2/c1-9-7-16-8-10(2)17(9)14(18)12-5-4-11(19-3)6-13(12)15/h4-6,9-10,16H,7-8H2,1-3H3. The number of amides is 1. The van der Waals surface area contributed by atoms with E-state index in [9.17, 15) is 9.18 Å². The molecule has 1 fully saturated rings. The summed E-state index contributed by atoms with van der Waals surface area (Å²) in [6, 6.07) is 4.44. The van der Waals surface area contributed by atoms with Gasteiger partial charge in [-0.2, -0.15) is 0 Å². The maximum absolute atomic E-state index is 14.0. The zero-order chi connectivity index (χ0) is 14.0. The molecule has 1 aliphatic rings. The van der Waals surface area contributed by atoms with Gasteiger partial charge < -0.3 is 15.0 Å². The van der Waals surface area contributed by atoms with Gasteiger partial charge in [0.2, 0.25) is 0 Å². The molecule has 0 radical (unpaired) electrons. The van der Waals surface area contributed by atoms with Crippen LogP contribution in [0.1, 0.15) is 24.2 Å². The number of rotatable bonds is 2. The highest BCUT2D eigenvalue weighted by Gasteiger charge is 2.30. The van der Waals surface area contributed by atoms with Crippen molar-refractivity contribution in [2.75, 3.05) is 20.2 Å². The number of piperazine rings is 1. The number of benzene rings is 1. The van der Waals surface area contributed by atoms with Gasteiger partial charge in [-0.05, 0) is 26.0 Å². The minimum Gasteiger partial charge on any atom is -0.497 e. The van der Waals surface area contributed by atoms with Gasteiger partial charge >= 0.3 is 0 Å². The molecule has 1 N–H and O–H groups in total. The van der Waals surface area contributed by atoms with Crippen LogP contribution in [0, 0.1) is 5.82 Å². The number of carbonyl (C=O) groups excluding carboxylic acids is 1. The number of hydrogen-bond donors (Lipinski definition) is 1. The fraction of sp³-hybridized carbons (Fsp3) is 0.500. The van der Waals surface area contributed by atoms with E-state index in [1.165, 1.54) is 19.2 Å². The molecule has 1 amide bonds. The number of nitrogens with zero attached hydrogens (tertiary/aromatic N) is 1. The molecule has 0 bridgehead atoms. The summed E-state index contributed by atoms with van der Waals surface area (Å²) in [7, 11) is 1.47. The highest BCUT2D eigenvalue weighted by atomic mass is 19.1. The number of hydrogen-bond acceptors (Lipinski definition) is 3. The van der Waals surface area contributed by atoms with Crippen LogP contribution in [0.25, 0.3) is 0 Å². The fourth-order valence-corrected chi connectivity index (χ4v) is 2.47. The minimum absolute atomic E-state index is 0.0535. The zero-order valence-corrected chi connectivity index (χ0v) is 11.4. The Hall–Kier alpha value is -1.62. The molecule has 0 saturated carbocycles. The highest BCUT2D eigenvalue weighted by molar-refractivity contribution is 5.95. The average molecular weight is 266 g/mol. The van der Waals surface area contributed by atoms with Crippen LogP contribution in [0.4, 0.5) is 4.39 Å². The van der Waals surface area contributed by atoms with Crippen molar-refractivity contribution in [1.82, 2.24) is 10.2 Å². The number of carbonyl (C=O) groups is 1. The van der Waals surface area contributed by atoms with Crippen molar-refractivity contribution in [3.8, 4) is 5.75 Å². The molecule has 0 aromatic heterocycles. The number of halogens is 1. The molecule has 2 rings (SSSR count). The summed E-state index contributed by atoms with van der Waals surface area (Å²) in [5.41, 5.74) is 0.0985. The van der Waals surface area contributed by atoms with Crippen LogP contribution in [0.15, 0.2) is 18.2 Å². The lowest BCUT2D eigenvalue weighted by Crippen LogP contribution is -2.57. The highest BCUT2D eigenvalue weighted by Crippen LogP contribution is 2.20. The lowest BCUT2D eigenvalue weighted by molar-refractivity contribution is 0.0539. The third kappa shape index (κ3) is 2.71. The van der Waals surface area contributed by atoms with Gasteiger partial charge in [-0.3, -0.25) is 4.79 Å². The van der Waals surface area contributed by atoms with E-state index in [4.69, 9.17) is 4.74 Å². The molecule has 104 valence electrons. The Kier molecular flexibility index (Phi) is 4.04. The van der Waals surface area contributed by atoms with Gasteiger partial charge in [0.05, 0.1) is 12.7 Å². The molecule has 1 aromatic rings. The van der Waals surface area contributed by atoms with Crippen molar-refractivity contribution in [2.45, 2.75) is 25.9 Å². The molecule has 5 heteroatoms. The Morgan fingerprint density at radius 1 is 1.37 bits per heavy atom. The van der Waals surface area contributed by atoms with Gasteiger partial charge in [0.1, 0.15) is 11.6 Å². The first-order valence-corrected chi connectivity index (χ1v) is 6.41. The zero-order valence-electron chi connectivity index (χ0n) is 11.4. The second kappa shape index (κ2) is 5.57. The van der Waals surface area contributed by atoms with Crippen molar-refractivity contribution in [1.29, 1.82) is 0 Å². The van der Waals surface area contributed by atoms with Crippen LogP contribution < -0.4 is 10.1 Å². The first-order chi connectivity index (χ1) is 9.04. The van der Waals surface area contributed by atoms with Gasteiger partial charge in [-0.15, -0.1) is 0 Å². The van der Waals surface area contributed by atoms with Crippen LogP contribution in [-0.2, 0) is 0 Å². The Balaban J connectivity index is 2.28. The van der Waals surface area contributed by atoms with Crippen LogP contribution in [-0.4, -0.2) is 43.1 Å². The van der Waals surface area contributed by atoms with E-state index in [0.717, 1.165) is 13.1 Å². The molecule has 1 aliphatic heterocycles. The molecule has 0 aliphatic carbocycles. The number of nitrogens with one attached hydrogen (secondary N) is 1. The molecule has 1 heterocycles. The van der Waals surface area contributed by atoms with Gasteiger partial charge in [0, 0.05) is 31.2 Å². The van der Waals surface area contributed by atoms with Crippen molar-refractivity contribution in [3.05, 3.63) is 29.6 Å². The summed E-state index contributed by atoms with van der Waals surface area (Å²) in [4.78, 5) is 14.2. The van der Waals surface area contributed by atoms with Gasteiger partial charge in [0.25, 0.3) is 5.91 Å². The molecule has 4 nitrogen and oxygen atoms in total. The average Bonchev–Trinajstić information content (AvgIpc) is 2.38. The van der Waals surface area contributed by atoms with Crippen molar-refractivity contribution in [3.63, 3.8) is 0 Å². The molecule has 0 spiro atoms. The Morgan fingerprint density at radius 2 is 2.00 bits per heavy atom. The summed E-state index contributed by atoms with van der Waals surface area (Å²) in [5.74, 6) is -0.389. The monoisotopic (exact) mass is 266 g/mol. The summed E-state index contributed by atoms with van der Waals surface area (Å²) in [6.45, 7) is 5.38. The van der Waals surface area contributed by atoms with E-state index in [-0.39, 0.29) is 23.6 Å². The number of ether oxygens (including phenoxy) is 1. The molecule has 2 unspecified atom stereocenters. The Labute approximate surface area is 112 Å². The van der Waals surface area contributed by atoms with Crippen molar-refractivity contribution >= 4 is 5.91 Å². The normalized spacial score (nSPS) is 23.3. The summed E-state index contributed by atoms with van der Waals surface area (Å²) < 4.78 is 18.9.